The smallest absolute Gasteiger partial charge is 0.306 e. The predicted octanol–water partition coefficient (Wildman–Crippen LogP) is 0.0999. The first kappa shape index (κ1) is 15.3. The van der Waals surface area contributed by atoms with E-state index >= 15 is 0 Å². The van der Waals surface area contributed by atoms with Crippen molar-refractivity contribution in [3.05, 3.63) is 0 Å². The van der Waals surface area contributed by atoms with Crippen LogP contribution in [0.15, 0.2) is 0 Å². The first-order valence-corrected chi connectivity index (χ1v) is 6.74. The molecule has 2 rings (SSSR count). The number of imide groups is 2. The molecule has 8 nitrogen and oxygen atoms in total. The fraction of sp³-hybridized carbons (Fsp3) is 0.692. The number of rotatable bonds is 2. The molecule has 2 aliphatic rings. The Kier molecular flexibility index (Phi) is 3.43. The normalized spacial score (nSPS) is 24.8. The molecule has 0 aromatic rings. The van der Waals surface area contributed by atoms with Crippen molar-refractivity contribution in [1.29, 1.82) is 0 Å². The second-order valence-corrected chi connectivity index (χ2v) is 6.82. The molecule has 21 heavy (non-hydrogen) atoms. The minimum Gasteiger partial charge on any atom is -0.306 e. The molecule has 0 aromatic heterocycles. The number of carbonyl (C=O) groups excluding carboxylic acids is 4. The van der Waals surface area contributed by atoms with Crippen molar-refractivity contribution in [3.63, 3.8) is 0 Å². The summed E-state index contributed by atoms with van der Waals surface area (Å²) < 4.78 is 0. The first-order valence-electron chi connectivity index (χ1n) is 6.74. The van der Waals surface area contributed by atoms with Gasteiger partial charge in [0.25, 0.3) is 0 Å². The van der Waals surface area contributed by atoms with Gasteiger partial charge in [-0.2, -0.15) is 0 Å². The van der Waals surface area contributed by atoms with E-state index in [0.717, 1.165) is 0 Å². The number of hydrogen-bond acceptors (Lipinski definition) is 4. The third-order valence-corrected chi connectivity index (χ3v) is 3.76. The van der Waals surface area contributed by atoms with Gasteiger partial charge in [-0.3, -0.25) is 20.2 Å². The molecule has 2 fully saturated rings. The third kappa shape index (κ3) is 2.84. The van der Waals surface area contributed by atoms with Crippen molar-refractivity contribution < 1.29 is 19.2 Å². The summed E-state index contributed by atoms with van der Waals surface area (Å²) in [7, 11) is 0. The third-order valence-electron chi connectivity index (χ3n) is 3.76. The molecule has 0 unspecified atom stereocenters. The van der Waals surface area contributed by atoms with Crippen LogP contribution in [-0.4, -0.2) is 53.4 Å². The standard InChI is InChI=1S/C13H20N4O4/c1-12(2)5-16(10(20)14-8(12)18)7-17-6-13(3,4)9(19)15-11(17)21/h5-7H2,1-4H3,(H,14,18,20)(H,15,19,21). The summed E-state index contributed by atoms with van der Waals surface area (Å²) in [4.78, 5) is 49.9. The van der Waals surface area contributed by atoms with Crippen LogP contribution in [0.5, 0.6) is 0 Å². The van der Waals surface area contributed by atoms with E-state index in [1.807, 2.05) is 0 Å². The zero-order chi connectivity index (χ0) is 16.0. The molecular weight excluding hydrogens is 276 g/mol. The van der Waals surface area contributed by atoms with Gasteiger partial charge in [0.15, 0.2) is 0 Å². The highest BCUT2D eigenvalue weighted by molar-refractivity contribution is 6.01. The monoisotopic (exact) mass is 296 g/mol. The van der Waals surface area contributed by atoms with Crippen LogP contribution >= 0.6 is 0 Å². The van der Waals surface area contributed by atoms with Gasteiger partial charge in [-0.25, -0.2) is 9.59 Å². The van der Waals surface area contributed by atoms with Crippen LogP contribution in [0.1, 0.15) is 27.7 Å². The summed E-state index contributed by atoms with van der Waals surface area (Å²) in [6.07, 6.45) is 0. The number of nitrogens with one attached hydrogen (secondary N) is 2. The number of carbonyl (C=O) groups is 4. The predicted molar refractivity (Wildman–Crippen MR) is 72.9 cm³/mol. The van der Waals surface area contributed by atoms with Crippen LogP contribution in [0.3, 0.4) is 0 Å². The minimum absolute atomic E-state index is 0.0328. The Hall–Kier alpha value is -2.12. The van der Waals surface area contributed by atoms with Crippen LogP contribution in [0.2, 0.25) is 0 Å². The Morgan fingerprint density at radius 2 is 1.14 bits per heavy atom. The second kappa shape index (κ2) is 4.71. The van der Waals surface area contributed by atoms with E-state index in [1.54, 1.807) is 27.7 Å². The summed E-state index contributed by atoms with van der Waals surface area (Å²) >= 11 is 0. The van der Waals surface area contributed by atoms with Crippen LogP contribution < -0.4 is 10.6 Å². The molecule has 8 heteroatoms. The van der Waals surface area contributed by atoms with E-state index in [9.17, 15) is 19.2 Å². The molecule has 0 aromatic carbocycles. The lowest BCUT2D eigenvalue weighted by molar-refractivity contribution is -0.132. The molecule has 0 aliphatic carbocycles. The zero-order valence-electron chi connectivity index (χ0n) is 12.6. The van der Waals surface area contributed by atoms with Gasteiger partial charge in [-0.15, -0.1) is 0 Å². The zero-order valence-corrected chi connectivity index (χ0v) is 12.6. The highest BCUT2D eigenvalue weighted by Gasteiger charge is 2.42. The molecule has 2 aliphatic heterocycles. The van der Waals surface area contributed by atoms with Crippen molar-refractivity contribution in [2.24, 2.45) is 10.8 Å². The van der Waals surface area contributed by atoms with Crippen LogP contribution in [0.25, 0.3) is 0 Å². The van der Waals surface area contributed by atoms with Gasteiger partial charge in [0.1, 0.15) is 0 Å². The van der Waals surface area contributed by atoms with Gasteiger partial charge >= 0.3 is 12.1 Å². The number of urea groups is 2. The summed E-state index contributed by atoms with van der Waals surface area (Å²) in [5, 5.41) is 4.55. The highest BCUT2D eigenvalue weighted by atomic mass is 16.2. The van der Waals surface area contributed by atoms with E-state index in [4.69, 9.17) is 0 Å². The quantitative estimate of drug-likeness (QED) is 0.755. The van der Waals surface area contributed by atoms with Crippen LogP contribution in [0.4, 0.5) is 9.59 Å². The lowest BCUT2D eigenvalue weighted by Crippen LogP contribution is -2.64. The van der Waals surface area contributed by atoms with Gasteiger partial charge in [0, 0.05) is 13.1 Å². The van der Waals surface area contributed by atoms with Gasteiger partial charge in [-0.05, 0) is 27.7 Å². The first-order chi connectivity index (χ1) is 9.53. The summed E-state index contributed by atoms with van der Waals surface area (Å²) in [6, 6.07) is -1.05. The molecule has 0 saturated carbocycles. The number of hydrogen-bond donors (Lipinski definition) is 2. The van der Waals surface area contributed by atoms with Crippen molar-refractivity contribution in [3.8, 4) is 0 Å². The molecular formula is C13H20N4O4. The van der Waals surface area contributed by atoms with Gasteiger partial charge in [-0.1, -0.05) is 0 Å². The Balaban J connectivity index is 2.10. The summed E-state index contributed by atoms with van der Waals surface area (Å²) in [5.41, 5.74) is -1.43. The van der Waals surface area contributed by atoms with E-state index in [2.05, 4.69) is 10.6 Å². The van der Waals surface area contributed by atoms with Crippen LogP contribution in [0, 0.1) is 10.8 Å². The molecule has 0 radical (unpaired) electrons. The maximum Gasteiger partial charge on any atom is 0.325 e. The van der Waals surface area contributed by atoms with Crippen molar-refractivity contribution >= 4 is 23.9 Å². The van der Waals surface area contributed by atoms with E-state index in [-0.39, 0.29) is 31.6 Å². The minimum atomic E-state index is -0.717. The maximum absolute atomic E-state index is 11.9. The van der Waals surface area contributed by atoms with Gasteiger partial charge < -0.3 is 9.80 Å². The Labute approximate surface area is 122 Å². The van der Waals surface area contributed by atoms with Crippen LogP contribution in [-0.2, 0) is 9.59 Å². The summed E-state index contributed by atoms with van der Waals surface area (Å²) in [6.45, 7) is 7.38. The average Bonchev–Trinajstić information content (AvgIpc) is 2.33. The van der Waals surface area contributed by atoms with Crippen molar-refractivity contribution in [2.45, 2.75) is 27.7 Å². The lowest BCUT2D eigenvalue weighted by Gasteiger charge is -2.42. The van der Waals surface area contributed by atoms with E-state index in [0.29, 0.717) is 0 Å². The number of nitrogens with zero attached hydrogens (tertiary/aromatic N) is 2. The Morgan fingerprint density at radius 1 is 0.810 bits per heavy atom. The fourth-order valence-corrected chi connectivity index (χ4v) is 2.37. The lowest BCUT2D eigenvalue weighted by atomic mass is 9.89. The topological polar surface area (TPSA) is 98.8 Å². The number of amides is 6. The van der Waals surface area contributed by atoms with Crippen molar-refractivity contribution in [2.75, 3.05) is 19.8 Å². The molecule has 116 valence electrons. The molecule has 0 spiro atoms. The Bertz CT molecular complexity index is 480. The van der Waals surface area contributed by atoms with Gasteiger partial charge in [0.05, 0.1) is 17.5 Å². The molecule has 0 atom stereocenters. The largest absolute Gasteiger partial charge is 0.325 e. The second-order valence-electron chi connectivity index (χ2n) is 6.82. The SMILES string of the molecule is CC1(C)CN(CN2CC(C)(C)C(=O)NC2=O)C(=O)NC1=O. The fourth-order valence-electron chi connectivity index (χ4n) is 2.37. The molecule has 0 bridgehead atoms. The van der Waals surface area contributed by atoms with Gasteiger partial charge in [0.2, 0.25) is 11.8 Å². The molecule has 2 N–H and O–H groups in total. The highest BCUT2D eigenvalue weighted by Crippen LogP contribution is 2.24. The maximum atomic E-state index is 11.9. The van der Waals surface area contributed by atoms with E-state index < -0.39 is 22.9 Å². The summed E-state index contributed by atoms with van der Waals surface area (Å²) in [5.74, 6) is -0.662. The van der Waals surface area contributed by atoms with E-state index in [1.165, 1.54) is 9.80 Å². The average molecular weight is 296 g/mol. The molecule has 6 amide bonds. The molecule has 2 saturated heterocycles. The van der Waals surface area contributed by atoms with Crippen molar-refractivity contribution in [1.82, 2.24) is 20.4 Å². The molecule has 2 heterocycles. The Morgan fingerprint density at radius 3 is 1.48 bits per heavy atom.